The summed E-state index contributed by atoms with van der Waals surface area (Å²) in [6, 6.07) is 4.03. The lowest BCUT2D eigenvalue weighted by Crippen LogP contribution is -2.25. The number of halogens is 3. The number of alkyl halides is 3. The number of amides is 1. The minimum atomic E-state index is -4.49. The van der Waals surface area contributed by atoms with Crippen molar-refractivity contribution < 1.29 is 23.1 Å². The van der Waals surface area contributed by atoms with Gasteiger partial charge >= 0.3 is 6.18 Å². The van der Waals surface area contributed by atoms with E-state index in [1.165, 1.54) is 13.1 Å². The summed E-state index contributed by atoms with van der Waals surface area (Å²) in [6.07, 6.45) is -6.08. The molecule has 0 saturated carbocycles. The molecule has 2 N–H and O–H groups in total. The normalized spacial score (nSPS) is 13.3. The molecule has 0 fully saturated rings. The Balaban J connectivity index is 3.04. The summed E-state index contributed by atoms with van der Waals surface area (Å²) < 4.78 is 37.0. The van der Waals surface area contributed by atoms with Crippen molar-refractivity contribution in [3.63, 3.8) is 0 Å². The summed E-state index contributed by atoms with van der Waals surface area (Å²) in [5.41, 5.74) is -0.984. The van der Waals surface area contributed by atoms with Crippen molar-refractivity contribution in [3.8, 4) is 0 Å². The van der Waals surface area contributed by atoms with E-state index in [4.69, 9.17) is 0 Å². The lowest BCUT2D eigenvalue weighted by atomic mass is 10.1. The summed E-state index contributed by atoms with van der Waals surface area (Å²) in [7, 11) is 1.29. The highest BCUT2D eigenvalue weighted by molar-refractivity contribution is 5.81. The SMILES string of the molecule is CNC(=O)C(O)c1cccc(C(F)(F)F)c1. The quantitative estimate of drug-likeness (QED) is 0.813. The second-order valence-corrected chi connectivity index (χ2v) is 3.14. The fourth-order valence-electron chi connectivity index (χ4n) is 1.17. The third-order valence-corrected chi connectivity index (χ3v) is 2.02. The molecule has 0 radical (unpaired) electrons. The van der Waals surface area contributed by atoms with Crippen molar-refractivity contribution in [3.05, 3.63) is 35.4 Å². The van der Waals surface area contributed by atoms with Gasteiger partial charge in [-0.25, -0.2) is 0 Å². The van der Waals surface area contributed by atoms with Crippen molar-refractivity contribution in [1.29, 1.82) is 0 Å². The Morgan fingerprint density at radius 3 is 2.56 bits per heavy atom. The van der Waals surface area contributed by atoms with Crippen molar-refractivity contribution in [2.45, 2.75) is 12.3 Å². The number of carbonyl (C=O) groups is 1. The maximum absolute atomic E-state index is 12.3. The van der Waals surface area contributed by atoms with E-state index in [2.05, 4.69) is 5.32 Å². The highest BCUT2D eigenvalue weighted by atomic mass is 19.4. The van der Waals surface area contributed by atoms with E-state index in [0.29, 0.717) is 0 Å². The van der Waals surface area contributed by atoms with Crippen molar-refractivity contribution >= 4 is 5.91 Å². The van der Waals surface area contributed by atoms with Gasteiger partial charge in [0, 0.05) is 7.05 Å². The maximum Gasteiger partial charge on any atom is 0.416 e. The molecule has 1 atom stereocenters. The van der Waals surface area contributed by atoms with Crippen LogP contribution in [-0.2, 0) is 11.0 Å². The summed E-state index contributed by atoms with van der Waals surface area (Å²) in [6.45, 7) is 0. The van der Waals surface area contributed by atoms with Gasteiger partial charge < -0.3 is 10.4 Å². The number of aliphatic hydroxyl groups excluding tert-OH is 1. The van der Waals surface area contributed by atoms with Gasteiger partial charge in [0.2, 0.25) is 0 Å². The van der Waals surface area contributed by atoms with Crippen LogP contribution in [0.3, 0.4) is 0 Å². The van der Waals surface area contributed by atoms with Crippen molar-refractivity contribution in [2.75, 3.05) is 7.05 Å². The van der Waals surface area contributed by atoms with Gasteiger partial charge in [-0.05, 0) is 17.7 Å². The standard InChI is InChI=1S/C10H10F3NO2/c1-14-9(16)8(15)6-3-2-4-7(5-6)10(11,12)13/h2-5,8,15H,1H3,(H,14,16). The zero-order valence-corrected chi connectivity index (χ0v) is 8.38. The minimum Gasteiger partial charge on any atom is -0.378 e. The number of likely N-dealkylation sites (N-methyl/N-ethyl adjacent to an activating group) is 1. The fraction of sp³-hybridized carbons (Fsp3) is 0.300. The van der Waals surface area contributed by atoms with E-state index in [0.717, 1.165) is 18.2 Å². The summed E-state index contributed by atoms with van der Waals surface area (Å²) in [5.74, 6) is -0.751. The van der Waals surface area contributed by atoms with Crippen molar-refractivity contribution in [2.24, 2.45) is 0 Å². The number of hydrogen-bond acceptors (Lipinski definition) is 2. The smallest absolute Gasteiger partial charge is 0.378 e. The summed E-state index contributed by atoms with van der Waals surface area (Å²) in [4.78, 5) is 11.0. The molecule has 0 saturated heterocycles. The van der Waals surface area contributed by atoms with Crippen LogP contribution in [0, 0.1) is 0 Å². The van der Waals surface area contributed by atoms with Crippen LogP contribution in [0.5, 0.6) is 0 Å². The highest BCUT2D eigenvalue weighted by Crippen LogP contribution is 2.30. The van der Waals surface area contributed by atoms with Gasteiger partial charge in [0.25, 0.3) is 5.91 Å². The van der Waals surface area contributed by atoms with Gasteiger partial charge in [0.1, 0.15) is 0 Å². The van der Waals surface area contributed by atoms with Gasteiger partial charge in [-0.15, -0.1) is 0 Å². The second-order valence-electron chi connectivity index (χ2n) is 3.14. The van der Waals surface area contributed by atoms with Crippen LogP contribution in [0.15, 0.2) is 24.3 Å². The zero-order chi connectivity index (χ0) is 12.3. The minimum absolute atomic E-state index is 0.0887. The van der Waals surface area contributed by atoms with Crippen molar-refractivity contribution in [1.82, 2.24) is 5.32 Å². The molecule has 1 unspecified atom stereocenters. The number of aliphatic hydroxyl groups is 1. The first-order chi connectivity index (χ1) is 7.36. The fourth-order valence-corrected chi connectivity index (χ4v) is 1.17. The Morgan fingerprint density at radius 1 is 1.44 bits per heavy atom. The lowest BCUT2D eigenvalue weighted by molar-refractivity contribution is -0.138. The molecule has 16 heavy (non-hydrogen) atoms. The molecule has 0 aliphatic carbocycles. The lowest BCUT2D eigenvalue weighted by Gasteiger charge is -2.12. The van der Waals surface area contributed by atoms with Gasteiger partial charge in [0.15, 0.2) is 6.10 Å². The molecule has 6 heteroatoms. The van der Waals surface area contributed by atoms with Crippen LogP contribution in [0.1, 0.15) is 17.2 Å². The largest absolute Gasteiger partial charge is 0.416 e. The van der Waals surface area contributed by atoms with E-state index < -0.39 is 23.8 Å². The summed E-state index contributed by atoms with van der Waals surface area (Å²) in [5, 5.41) is 11.6. The average molecular weight is 233 g/mol. The molecule has 0 bridgehead atoms. The molecular weight excluding hydrogens is 223 g/mol. The monoisotopic (exact) mass is 233 g/mol. The Hall–Kier alpha value is -1.56. The number of rotatable bonds is 2. The van der Waals surface area contributed by atoms with Crippen LogP contribution >= 0.6 is 0 Å². The predicted molar refractivity (Wildman–Crippen MR) is 50.5 cm³/mol. The Bertz CT molecular complexity index is 390. The molecule has 0 spiro atoms. The zero-order valence-electron chi connectivity index (χ0n) is 8.38. The topological polar surface area (TPSA) is 49.3 Å². The van der Waals surface area contributed by atoms with Crippen LogP contribution < -0.4 is 5.32 Å². The molecule has 88 valence electrons. The number of benzene rings is 1. The Kier molecular flexibility index (Phi) is 3.54. The molecule has 0 aliphatic rings. The van der Waals surface area contributed by atoms with E-state index in [-0.39, 0.29) is 5.56 Å². The summed E-state index contributed by atoms with van der Waals surface area (Å²) >= 11 is 0. The van der Waals surface area contributed by atoms with Gasteiger partial charge in [-0.1, -0.05) is 12.1 Å². The molecule has 3 nitrogen and oxygen atoms in total. The molecule has 0 heterocycles. The maximum atomic E-state index is 12.3. The predicted octanol–water partition coefficient (Wildman–Crippen LogP) is 1.48. The van der Waals surface area contributed by atoms with E-state index >= 15 is 0 Å². The van der Waals surface area contributed by atoms with E-state index in [1.807, 2.05) is 0 Å². The molecule has 1 aromatic carbocycles. The van der Waals surface area contributed by atoms with Crippen LogP contribution in [-0.4, -0.2) is 18.1 Å². The molecule has 1 rings (SSSR count). The van der Waals surface area contributed by atoms with E-state index in [9.17, 15) is 23.1 Å². The molecule has 1 aromatic rings. The average Bonchev–Trinajstić information content (AvgIpc) is 2.26. The molecular formula is C10H10F3NO2. The van der Waals surface area contributed by atoms with Crippen LogP contribution in [0.4, 0.5) is 13.2 Å². The van der Waals surface area contributed by atoms with Gasteiger partial charge in [-0.2, -0.15) is 13.2 Å². The number of nitrogens with one attached hydrogen (secondary N) is 1. The van der Waals surface area contributed by atoms with Crippen LogP contribution in [0.25, 0.3) is 0 Å². The molecule has 0 aliphatic heterocycles. The van der Waals surface area contributed by atoms with Gasteiger partial charge in [-0.3, -0.25) is 4.79 Å². The van der Waals surface area contributed by atoms with Crippen LogP contribution in [0.2, 0.25) is 0 Å². The highest BCUT2D eigenvalue weighted by Gasteiger charge is 2.31. The third kappa shape index (κ3) is 2.73. The molecule has 1 amide bonds. The van der Waals surface area contributed by atoms with Gasteiger partial charge in [0.05, 0.1) is 5.56 Å². The number of hydrogen-bond donors (Lipinski definition) is 2. The van der Waals surface area contributed by atoms with E-state index in [1.54, 1.807) is 0 Å². The first kappa shape index (κ1) is 12.5. The first-order valence-electron chi connectivity index (χ1n) is 4.43. The molecule has 0 aromatic heterocycles. The Morgan fingerprint density at radius 2 is 2.06 bits per heavy atom. The Labute approximate surface area is 89.9 Å². The third-order valence-electron chi connectivity index (χ3n) is 2.02. The second kappa shape index (κ2) is 4.52. The number of carbonyl (C=O) groups excluding carboxylic acids is 1. The first-order valence-corrected chi connectivity index (χ1v) is 4.43.